The molecule has 2 N–H and O–H groups in total. The number of benzene rings is 1. The van der Waals surface area contributed by atoms with Crippen LogP contribution in [-0.4, -0.2) is 14.5 Å². The van der Waals surface area contributed by atoms with Gasteiger partial charge in [0.1, 0.15) is 0 Å². The minimum absolute atomic E-state index is 0.0358. The lowest BCUT2D eigenvalue weighted by atomic mass is 10.1. The van der Waals surface area contributed by atoms with Crippen molar-refractivity contribution in [1.82, 2.24) is 10.0 Å². The first-order chi connectivity index (χ1) is 8.03. The van der Waals surface area contributed by atoms with Gasteiger partial charge >= 0.3 is 0 Å². The van der Waals surface area contributed by atoms with Gasteiger partial charge in [0.15, 0.2) is 0 Å². The summed E-state index contributed by atoms with van der Waals surface area (Å²) in [6, 6.07) is 5.29. The van der Waals surface area contributed by atoms with E-state index in [1.54, 1.807) is 12.1 Å². The van der Waals surface area contributed by atoms with E-state index >= 15 is 0 Å². The van der Waals surface area contributed by atoms with Crippen molar-refractivity contribution in [3.63, 3.8) is 0 Å². The lowest BCUT2D eigenvalue weighted by Crippen LogP contribution is -2.32. The second-order valence-electron chi connectivity index (χ2n) is 4.46. The minimum Gasteiger partial charge on any atom is -0.309 e. The highest BCUT2D eigenvalue weighted by Gasteiger charge is 2.19. The largest absolute Gasteiger partial charge is 0.309 e. The van der Waals surface area contributed by atoms with Crippen molar-refractivity contribution in [2.24, 2.45) is 0 Å². The number of nitrogens with one attached hydrogen (secondary N) is 2. The van der Waals surface area contributed by atoms with Crippen LogP contribution in [0.5, 0.6) is 0 Å². The van der Waals surface area contributed by atoms with E-state index in [1.165, 1.54) is 5.56 Å². The van der Waals surface area contributed by atoms with Crippen LogP contribution in [0.1, 0.15) is 31.4 Å². The second kappa shape index (κ2) is 4.76. The predicted molar refractivity (Wildman–Crippen MR) is 67.1 cm³/mol. The number of hydrogen-bond acceptors (Lipinski definition) is 3. The molecule has 0 amide bonds. The molecule has 4 nitrogen and oxygen atoms in total. The average Bonchev–Trinajstić information content (AvgIpc) is 2.75. The third-order valence-electron chi connectivity index (χ3n) is 3.09. The molecule has 1 aliphatic heterocycles. The monoisotopic (exact) mass is 254 g/mol. The summed E-state index contributed by atoms with van der Waals surface area (Å²) >= 11 is 0. The highest BCUT2D eigenvalue weighted by Crippen LogP contribution is 2.20. The van der Waals surface area contributed by atoms with Crippen LogP contribution in [0.2, 0.25) is 0 Å². The van der Waals surface area contributed by atoms with Crippen molar-refractivity contribution in [2.45, 2.75) is 44.3 Å². The van der Waals surface area contributed by atoms with Crippen molar-refractivity contribution in [1.29, 1.82) is 0 Å². The first kappa shape index (κ1) is 12.5. The van der Waals surface area contributed by atoms with E-state index in [0.717, 1.165) is 25.1 Å². The molecule has 1 unspecified atom stereocenters. The topological polar surface area (TPSA) is 58.2 Å². The van der Waals surface area contributed by atoms with Crippen LogP contribution in [0, 0.1) is 0 Å². The molecule has 1 aliphatic rings. The summed E-state index contributed by atoms with van der Waals surface area (Å²) < 4.78 is 26.8. The molecule has 0 bridgehead atoms. The number of hydrogen-bond donors (Lipinski definition) is 2. The molecule has 0 saturated carbocycles. The van der Waals surface area contributed by atoms with E-state index in [9.17, 15) is 8.42 Å². The zero-order valence-corrected chi connectivity index (χ0v) is 11.0. The summed E-state index contributed by atoms with van der Waals surface area (Å²) in [4.78, 5) is 0.361. The molecule has 1 atom stereocenters. The summed E-state index contributed by atoms with van der Waals surface area (Å²) in [7, 11) is -3.37. The predicted octanol–water partition coefficient (Wildman–Crippen LogP) is 1.37. The molecule has 0 spiro atoms. The smallest absolute Gasteiger partial charge is 0.240 e. The Balaban J connectivity index is 2.28. The Kier molecular flexibility index (Phi) is 3.51. The Morgan fingerprint density at radius 3 is 2.76 bits per heavy atom. The van der Waals surface area contributed by atoms with Crippen molar-refractivity contribution >= 4 is 10.0 Å². The molecule has 94 valence electrons. The average molecular weight is 254 g/mol. The summed E-state index contributed by atoms with van der Waals surface area (Å²) in [6.45, 7) is 5.41. The normalized spacial score (nSPS) is 16.8. The van der Waals surface area contributed by atoms with Gasteiger partial charge in [-0.15, -0.1) is 0 Å². The van der Waals surface area contributed by atoms with Gasteiger partial charge in [-0.05, 0) is 36.6 Å². The van der Waals surface area contributed by atoms with Crippen LogP contribution >= 0.6 is 0 Å². The number of fused-ring (bicyclic) bond motifs is 1. The zero-order chi connectivity index (χ0) is 12.5. The molecule has 0 aromatic heterocycles. The fourth-order valence-corrected chi connectivity index (χ4v) is 3.23. The standard InChI is InChI=1S/C12H18N2O2S/c1-3-9(2)14-17(15,16)12-5-4-10-7-13-8-11(10)6-12/h4-6,9,13-14H,3,7-8H2,1-2H3. The van der Waals surface area contributed by atoms with Crippen LogP contribution in [0.4, 0.5) is 0 Å². The SMILES string of the molecule is CCC(C)NS(=O)(=O)c1ccc2c(c1)CNC2. The Bertz CT molecular complexity index is 511. The van der Waals surface area contributed by atoms with Gasteiger partial charge in [0.05, 0.1) is 4.90 Å². The molecule has 1 aromatic rings. The fraction of sp³-hybridized carbons (Fsp3) is 0.500. The maximum atomic E-state index is 12.1. The molecule has 1 aromatic carbocycles. The van der Waals surface area contributed by atoms with Crippen molar-refractivity contribution in [3.05, 3.63) is 29.3 Å². The Hall–Kier alpha value is -0.910. The lowest BCUT2D eigenvalue weighted by Gasteiger charge is -2.12. The molecule has 0 aliphatic carbocycles. The van der Waals surface area contributed by atoms with Crippen LogP contribution in [0.25, 0.3) is 0 Å². The molecule has 1 heterocycles. The van der Waals surface area contributed by atoms with Gasteiger partial charge in [0.25, 0.3) is 0 Å². The summed E-state index contributed by atoms with van der Waals surface area (Å²) in [5.41, 5.74) is 2.27. The fourth-order valence-electron chi connectivity index (χ4n) is 1.85. The zero-order valence-electron chi connectivity index (χ0n) is 10.2. The van der Waals surface area contributed by atoms with Gasteiger partial charge < -0.3 is 5.32 Å². The van der Waals surface area contributed by atoms with E-state index in [0.29, 0.717) is 4.90 Å². The first-order valence-electron chi connectivity index (χ1n) is 5.88. The quantitative estimate of drug-likeness (QED) is 0.853. The van der Waals surface area contributed by atoms with E-state index < -0.39 is 10.0 Å². The molecule has 0 fully saturated rings. The van der Waals surface area contributed by atoms with Gasteiger partial charge in [0, 0.05) is 19.1 Å². The second-order valence-corrected chi connectivity index (χ2v) is 6.18. The Morgan fingerprint density at radius 2 is 2.06 bits per heavy atom. The van der Waals surface area contributed by atoms with Gasteiger partial charge in [-0.25, -0.2) is 13.1 Å². The van der Waals surface area contributed by atoms with E-state index in [-0.39, 0.29) is 6.04 Å². The number of rotatable bonds is 4. The van der Waals surface area contributed by atoms with Gasteiger partial charge in [0.2, 0.25) is 10.0 Å². The van der Waals surface area contributed by atoms with Crippen LogP contribution in [-0.2, 0) is 23.1 Å². The summed E-state index contributed by atoms with van der Waals surface area (Å²) in [5.74, 6) is 0. The molecular formula is C12H18N2O2S. The third-order valence-corrected chi connectivity index (χ3v) is 4.67. The van der Waals surface area contributed by atoms with E-state index in [1.807, 2.05) is 19.9 Å². The van der Waals surface area contributed by atoms with Crippen molar-refractivity contribution in [3.8, 4) is 0 Å². The maximum absolute atomic E-state index is 12.1. The Labute approximate surface area is 102 Å². The molecule has 17 heavy (non-hydrogen) atoms. The molecular weight excluding hydrogens is 236 g/mol. The van der Waals surface area contributed by atoms with Gasteiger partial charge in [-0.2, -0.15) is 0 Å². The number of sulfonamides is 1. The van der Waals surface area contributed by atoms with Crippen molar-refractivity contribution < 1.29 is 8.42 Å². The van der Waals surface area contributed by atoms with Gasteiger partial charge in [-0.3, -0.25) is 0 Å². The van der Waals surface area contributed by atoms with Gasteiger partial charge in [-0.1, -0.05) is 13.0 Å². The van der Waals surface area contributed by atoms with Crippen LogP contribution in [0.15, 0.2) is 23.1 Å². The van der Waals surface area contributed by atoms with E-state index in [4.69, 9.17) is 0 Å². The maximum Gasteiger partial charge on any atom is 0.240 e. The van der Waals surface area contributed by atoms with Crippen molar-refractivity contribution in [2.75, 3.05) is 0 Å². The first-order valence-corrected chi connectivity index (χ1v) is 7.36. The van der Waals surface area contributed by atoms with Crippen LogP contribution in [0.3, 0.4) is 0 Å². The minimum atomic E-state index is -3.37. The molecule has 0 radical (unpaired) electrons. The summed E-state index contributed by atoms with van der Waals surface area (Å²) in [6.07, 6.45) is 0.783. The highest BCUT2D eigenvalue weighted by atomic mass is 32.2. The lowest BCUT2D eigenvalue weighted by molar-refractivity contribution is 0.556. The molecule has 2 rings (SSSR count). The van der Waals surface area contributed by atoms with Crippen LogP contribution < -0.4 is 10.0 Å². The molecule has 5 heteroatoms. The third kappa shape index (κ3) is 2.68. The molecule has 0 saturated heterocycles. The highest BCUT2D eigenvalue weighted by molar-refractivity contribution is 7.89. The van der Waals surface area contributed by atoms with E-state index in [2.05, 4.69) is 10.0 Å². The summed E-state index contributed by atoms with van der Waals surface area (Å²) in [5, 5.41) is 3.20. The Morgan fingerprint density at radius 1 is 1.35 bits per heavy atom.